The summed E-state index contributed by atoms with van der Waals surface area (Å²) in [6.45, 7) is 23.0. The summed E-state index contributed by atoms with van der Waals surface area (Å²) < 4.78 is 0. The first-order valence-electron chi connectivity index (χ1n) is 26.7. The summed E-state index contributed by atoms with van der Waals surface area (Å²) in [7, 11) is 2.12. The van der Waals surface area contributed by atoms with Crippen molar-refractivity contribution in [1.29, 1.82) is 0 Å². The fraction of sp³-hybridized carbons (Fsp3) is 0.222. The van der Waals surface area contributed by atoms with Gasteiger partial charge in [-0.1, -0.05) is 196 Å². The van der Waals surface area contributed by atoms with Crippen LogP contribution in [0.5, 0.6) is 0 Å². The first kappa shape index (κ1) is 49.8. The molecule has 13 rings (SSSR count). The Morgan fingerprint density at radius 3 is 1.29 bits per heavy atom. The molecule has 0 amide bonds. The Labute approximate surface area is 465 Å². The zero-order valence-corrected chi connectivity index (χ0v) is 47.6. The number of pyridine rings is 1. The third kappa shape index (κ3) is 7.00. The molecule has 1 aliphatic heterocycles. The van der Waals surface area contributed by atoms with E-state index < -0.39 is 16.4 Å². The van der Waals surface area contributed by atoms with E-state index in [4.69, 9.17) is 4.98 Å². The number of nitrogens with zero attached hydrogens (tertiary/aromatic N) is 3. The van der Waals surface area contributed by atoms with Crippen LogP contribution in [-0.2, 0) is 53.7 Å². The normalized spacial score (nSPS) is 19.9. The van der Waals surface area contributed by atoms with Gasteiger partial charge in [-0.2, -0.15) is 55.2 Å². The summed E-state index contributed by atoms with van der Waals surface area (Å²) in [5.41, 5.74) is 21.6. The maximum Gasteiger partial charge on any atom is 0.0686 e. The maximum atomic E-state index is 5.30. The molecule has 4 aliphatic rings. The molecule has 0 fully saturated rings. The summed E-state index contributed by atoms with van der Waals surface area (Å²) in [4.78, 5) is 9.89. The van der Waals surface area contributed by atoms with Gasteiger partial charge in [0.25, 0.3) is 0 Å². The second-order valence-electron chi connectivity index (χ2n) is 24.5. The number of fused-ring (bicyclic) bond motifs is 9. The van der Waals surface area contributed by atoms with E-state index in [0.29, 0.717) is 0 Å². The summed E-state index contributed by atoms with van der Waals surface area (Å²) >= 11 is 0. The van der Waals surface area contributed by atoms with Crippen LogP contribution in [0.1, 0.15) is 140 Å². The van der Waals surface area contributed by atoms with Crippen LogP contribution in [0.25, 0.3) is 33.4 Å². The van der Waals surface area contributed by atoms with Crippen molar-refractivity contribution in [1.82, 2.24) is 14.8 Å². The number of benzene rings is 8. The van der Waals surface area contributed by atoms with Crippen LogP contribution in [0.2, 0.25) is 0 Å². The largest absolute Gasteiger partial charge is 0.511 e. The minimum absolute atomic E-state index is 0. The number of aromatic nitrogens is 1. The molecule has 3 unspecified atom stereocenters. The van der Waals surface area contributed by atoms with E-state index in [-0.39, 0.29) is 37.3 Å². The quantitative estimate of drug-likeness (QED) is 0.155. The predicted octanol–water partition coefficient (Wildman–Crippen LogP) is 16.4. The van der Waals surface area contributed by atoms with Crippen molar-refractivity contribution in [3.63, 3.8) is 0 Å². The SMILES string of the molecule is CN1C=CN(C2(c3[c-]c(C4(c5[c-]c(C6(c7ccccn7)c7ccccc7-c7cc(C(C)(C)C)ccc76)ccc5)c5ccccc5-c5cc(C(C)(C)C)ccc54)ccc3)c3ccccc3-c3cc(C(C)(C)C)ccc32)[CH-]1.[Pt]. The molecule has 0 spiro atoms. The van der Waals surface area contributed by atoms with Crippen molar-refractivity contribution in [3.05, 3.63) is 297 Å². The van der Waals surface area contributed by atoms with Crippen LogP contribution >= 0.6 is 0 Å². The van der Waals surface area contributed by atoms with Crippen LogP contribution in [0.4, 0.5) is 0 Å². The van der Waals surface area contributed by atoms with Gasteiger partial charge in [-0.05, 0) is 131 Å². The smallest absolute Gasteiger partial charge is 0.0686 e. The molecule has 0 saturated heterocycles. The molecule has 76 heavy (non-hydrogen) atoms. The molecule has 2 heterocycles. The molecule has 380 valence electrons. The minimum atomic E-state index is -0.837. The molecule has 4 heteroatoms. The maximum absolute atomic E-state index is 5.30. The molecule has 9 aromatic rings. The Kier molecular flexibility index (Phi) is 11.5. The van der Waals surface area contributed by atoms with Gasteiger partial charge in [0.2, 0.25) is 0 Å². The Balaban J connectivity index is 0.00000582. The van der Waals surface area contributed by atoms with Gasteiger partial charge in [-0.3, -0.25) is 4.98 Å². The van der Waals surface area contributed by atoms with Gasteiger partial charge in [-0.15, -0.1) is 22.3 Å². The Morgan fingerprint density at radius 1 is 0.395 bits per heavy atom. The fourth-order valence-corrected chi connectivity index (χ4v) is 13.4. The monoisotopic (exact) mass is 1170 g/mol. The van der Waals surface area contributed by atoms with E-state index in [0.717, 1.165) is 27.9 Å². The number of rotatable bonds is 6. The second kappa shape index (κ2) is 17.5. The van der Waals surface area contributed by atoms with Gasteiger partial charge in [0, 0.05) is 32.7 Å². The molecule has 3 nitrogen and oxygen atoms in total. The van der Waals surface area contributed by atoms with Gasteiger partial charge >= 0.3 is 0 Å². The van der Waals surface area contributed by atoms with Crippen LogP contribution in [0.3, 0.4) is 0 Å². The fourth-order valence-electron chi connectivity index (χ4n) is 13.4. The van der Waals surface area contributed by atoms with Crippen molar-refractivity contribution in [2.75, 3.05) is 7.05 Å². The van der Waals surface area contributed by atoms with Crippen LogP contribution in [-0.4, -0.2) is 21.8 Å². The van der Waals surface area contributed by atoms with E-state index in [1.54, 1.807) is 0 Å². The van der Waals surface area contributed by atoms with Crippen LogP contribution in [0.15, 0.2) is 201 Å². The molecule has 0 saturated carbocycles. The van der Waals surface area contributed by atoms with E-state index >= 15 is 0 Å². The average Bonchev–Trinajstić information content (AvgIpc) is 4.15. The standard InChI is InChI=1S/C72H64N3.Pt/c1-67(2,3)47-32-35-62-57(43-47)54-25-11-14-28-60(54)70(62,50-21-19-23-52(41-50)71(66-31-17-18-38-73-66)61-29-15-12-26-55(61)58-44-48(68(4,5)6)33-36-63(58)71)51-22-20-24-53(42-51)72(75-40-39-74(10)46-75)64-30-16-13-27-56(64)59-45-49(69(7,8)9)34-37-65(59)72;/h11-40,43-46H,1-10H3;/q-3;. The molecule has 0 radical (unpaired) electrons. The molecular weight excluding hydrogens is 1100 g/mol. The predicted molar refractivity (Wildman–Crippen MR) is 307 cm³/mol. The van der Waals surface area contributed by atoms with Crippen molar-refractivity contribution >= 4 is 0 Å². The first-order chi connectivity index (χ1) is 36.0. The van der Waals surface area contributed by atoms with Crippen molar-refractivity contribution < 1.29 is 21.1 Å². The Hall–Kier alpha value is -7.06. The molecule has 1 aromatic heterocycles. The molecule has 3 aliphatic carbocycles. The van der Waals surface area contributed by atoms with Gasteiger partial charge < -0.3 is 9.80 Å². The zero-order chi connectivity index (χ0) is 51.9. The molecule has 0 bridgehead atoms. The zero-order valence-electron chi connectivity index (χ0n) is 45.3. The van der Waals surface area contributed by atoms with Gasteiger partial charge in [-0.25, -0.2) is 0 Å². The summed E-state index contributed by atoms with van der Waals surface area (Å²) in [6, 6.07) is 77.8. The van der Waals surface area contributed by atoms with Gasteiger partial charge in [0.15, 0.2) is 0 Å². The van der Waals surface area contributed by atoms with Crippen molar-refractivity contribution in [2.24, 2.45) is 0 Å². The van der Waals surface area contributed by atoms with E-state index in [2.05, 4.69) is 286 Å². The Bertz CT molecular complexity index is 3810. The topological polar surface area (TPSA) is 19.4 Å². The van der Waals surface area contributed by atoms with Gasteiger partial charge in [0.1, 0.15) is 0 Å². The molecule has 3 atom stereocenters. The van der Waals surface area contributed by atoms with Crippen LogP contribution < -0.4 is 0 Å². The molecule has 8 aromatic carbocycles. The first-order valence-corrected chi connectivity index (χ1v) is 26.7. The molecular formula is C72H64N3Pt-3. The third-order valence-electron chi connectivity index (χ3n) is 17.1. The van der Waals surface area contributed by atoms with E-state index in [1.807, 2.05) is 12.3 Å². The number of hydrogen-bond acceptors (Lipinski definition) is 3. The summed E-state index contributed by atoms with van der Waals surface area (Å²) in [5, 5.41) is 0. The third-order valence-corrected chi connectivity index (χ3v) is 17.1. The van der Waals surface area contributed by atoms with Crippen molar-refractivity contribution in [3.8, 4) is 33.4 Å². The van der Waals surface area contributed by atoms with Crippen molar-refractivity contribution in [2.45, 2.75) is 94.9 Å². The average molecular weight is 1170 g/mol. The van der Waals surface area contributed by atoms with Crippen LogP contribution in [0, 0.1) is 18.8 Å². The molecule has 0 N–H and O–H groups in total. The van der Waals surface area contributed by atoms with E-state index in [1.165, 1.54) is 83.5 Å². The van der Waals surface area contributed by atoms with E-state index in [9.17, 15) is 0 Å². The number of hydrogen-bond donors (Lipinski definition) is 0. The Morgan fingerprint density at radius 2 is 0.789 bits per heavy atom. The summed E-state index contributed by atoms with van der Waals surface area (Å²) in [5.74, 6) is 0. The van der Waals surface area contributed by atoms with Gasteiger partial charge in [0.05, 0.1) is 16.6 Å². The minimum Gasteiger partial charge on any atom is -0.511 e. The summed E-state index contributed by atoms with van der Waals surface area (Å²) in [6.07, 6.45) is 6.35. The second-order valence-corrected chi connectivity index (χ2v) is 24.5.